The molecule has 1 aromatic carbocycles. The highest BCUT2D eigenvalue weighted by Crippen LogP contribution is 2.27. The standard InChI is InChI=1S/C26H38N4O4/c1-17(16-33-20-10-8-19(9-11-20)25(2,3)4)27-23(31)22-14-21(28-29-22)18-12-13-30(15-18)24(32)34-26(5,6)7/h8-11,14,17-18H,12-13,15-16H2,1-7H3,(H,27,31)(H,28,29). The third-order valence-corrected chi connectivity index (χ3v) is 5.71. The van der Waals surface area contributed by atoms with Crippen LogP contribution in [0.15, 0.2) is 30.3 Å². The second-order valence-corrected chi connectivity index (χ2v) is 11.1. The monoisotopic (exact) mass is 470 g/mol. The highest BCUT2D eigenvalue weighted by molar-refractivity contribution is 5.92. The quantitative estimate of drug-likeness (QED) is 0.642. The second-order valence-electron chi connectivity index (χ2n) is 11.1. The average molecular weight is 471 g/mol. The van der Waals surface area contributed by atoms with Gasteiger partial charge in [-0.2, -0.15) is 5.10 Å². The van der Waals surface area contributed by atoms with Gasteiger partial charge in [0.05, 0.1) is 6.04 Å². The predicted molar refractivity (Wildman–Crippen MR) is 131 cm³/mol. The lowest BCUT2D eigenvalue weighted by Crippen LogP contribution is -2.37. The minimum absolute atomic E-state index is 0.0920. The van der Waals surface area contributed by atoms with Crippen LogP contribution in [0.3, 0.4) is 0 Å². The van der Waals surface area contributed by atoms with Crippen molar-refractivity contribution in [2.75, 3.05) is 19.7 Å². The number of carbonyl (C=O) groups excluding carboxylic acids is 2. The van der Waals surface area contributed by atoms with Crippen molar-refractivity contribution in [3.8, 4) is 5.75 Å². The van der Waals surface area contributed by atoms with E-state index in [0.29, 0.717) is 25.4 Å². The van der Waals surface area contributed by atoms with E-state index in [1.54, 1.807) is 11.0 Å². The Kier molecular flexibility index (Phi) is 7.58. The van der Waals surface area contributed by atoms with Gasteiger partial charge in [0.25, 0.3) is 5.91 Å². The molecule has 186 valence electrons. The van der Waals surface area contributed by atoms with Crippen molar-refractivity contribution in [3.63, 3.8) is 0 Å². The van der Waals surface area contributed by atoms with E-state index in [1.165, 1.54) is 5.56 Å². The zero-order valence-electron chi connectivity index (χ0n) is 21.4. The maximum absolute atomic E-state index is 12.6. The number of nitrogens with zero attached hydrogens (tertiary/aromatic N) is 2. The molecule has 1 fully saturated rings. The second kappa shape index (κ2) is 10.1. The van der Waals surface area contributed by atoms with Crippen molar-refractivity contribution < 1.29 is 19.1 Å². The van der Waals surface area contributed by atoms with Gasteiger partial charge in [-0.25, -0.2) is 4.79 Å². The molecule has 2 amide bonds. The number of hydrogen-bond donors (Lipinski definition) is 2. The molecule has 2 heterocycles. The minimum Gasteiger partial charge on any atom is -0.491 e. The lowest BCUT2D eigenvalue weighted by molar-refractivity contribution is 0.0292. The maximum atomic E-state index is 12.6. The summed E-state index contributed by atoms with van der Waals surface area (Å²) in [7, 11) is 0. The predicted octanol–water partition coefficient (Wildman–Crippen LogP) is 4.63. The summed E-state index contributed by atoms with van der Waals surface area (Å²) in [6.07, 6.45) is 0.482. The van der Waals surface area contributed by atoms with E-state index in [-0.39, 0.29) is 29.4 Å². The number of rotatable bonds is 6. The van der Waals surface area contributed by atoms with Crippen LogP contribution in [-0.2, 0) is 10.2 Å². The number of likely N-dealkylation sites (tertiary alicyclic amines) is 1. The fourth-order valence-corrected chi connectivity index (χ4v) is 3.78. The van der Waals surface area contributed by atoms with Crippen molar-refractivity contribution in [1.82, 2.24) is 20.4 Å². The number of aromatic amines is 1. The van der Waals surface area contributed by atoms with E-state index >= 15 is 0 Å². The minimum atomic E-state index is -0.523. The van der Waals surface area contributed by atoms with Crippen LogP contribution in [0.2, 0.25) is 0 Å². The first-order valence-corrected chi connectivity index (χ1v) is 11.9. The molecular weight excluding hydrogens is 432 g/mol. The van der Waals surface area contributed by atoms with Crippen LogP contribution >= 0.6 is 0 Å². The summed E-state index contributed by atoms with van der Waals surface area (Å²) in [6.45, 7) is 15.5. The molecule has 3 rings (SSSR count). The molecule has 0 radical (unpaired) electrons. The normalized spacial score (nSPS) is 17.4. The van der Waals surface area contributed by atoms with Crippen LogP contribution in [0, 0.1) is 0 Å². The van der Waals surface area contributed by atoms with E-state index in [1.807, 2.05) is 39.8 Å². The molecule has 1 saturated heterocycles. The summed E-state index contributed by atoms with van der Waals surface area (Å²) in [6, 6.07) is 9.61. The van der Waals surface area contributed by atoms with Crippen molar-refractivity contribution in [2.45, 2.75) is 77.9 Å². The van der Waals surface area contributed by atoms with Crippen molar-refractivity contribution in [3.05, 3.63) is 47.3 Å². The van der Waals surface area contributed by atoms with Gasteiger partial charge in [0.1, 0.15) is 23.7 Å². The molecule has 0 bridgehead atoms. The fraction of sp³-hybridized carbons (Fsp3) is 0.577. The summed E-state index contributed by atoms with van der Waals surface area (Å²) < 4.78 is 11.3. The van der Waals surface area contributed by atoms with Gasteiger partial charge in [-0.15, -0.1) is 0 Å². The number of amides is 2. The summed E-state index contributed by atoms with van der Waals surface area (Å²) in [4.78, 5) is 26.6. The zero-order chi connectivity index (χ0) is 25.1. The number of aromatic nitrogens is 2. The number of hydrogen-bond acceptors (Lipinski definition) is 5. The summed E-state index contributed by atoms with van der Waals surface area (Å²) in [5, 5.41) is 10.1. The molecule has 0 aliphatic carbocycles. The molecule has 2 aromatic rings. The molecular formula is C26H38N4O4. The molecule has 2 unspecified atom stereocenters. The summed E-state index contributed by atoms with van der Waals surface area (Å²) in [5.41, 5.74) is 1.98. The van der Waals surface area contributed by atoms with Crippen LogP contribution in [-0.4, -0.2) is 58.4 Å². The smallest absolute Gasteiger partial charge is 0.410 e. The molecule has 2 N–H and O–H groups in total. The molecule has 1 aromatic heterocycles. The highest BCUT2D eigenvalue weighted by atomic mass is 16.6. The van der Waals surface area contributed by atoms with Gasteiger partial charge in [0.15, 0.2) is 0 Å². The van der Waals surface area contributed by atoms with E-state index in [4.69, 9.17) is 9.47 Å². The Balaban J connectivity index is 1.48. The first-order valence-electron chi connectivity index (χ1n) is 11.9. The number of ether oxygens (including phenoxy) is 2. The van der Waals surface area contributed by atoms with Gasteiger partial charge in [0, 0.05) is 24.7 Å². The van der Waals surface area contributed by atoms with Gasteiger partial charge in [-0.1, -0.05) is 32.9 Å². The lowest BCUT2D eigenvalue weighted by Gasteiger charge is -2.24. The topological polar surface area (TPSA) is 96.5 Å². The largest absolute Gasteiger partial charge is 0.491 e. The number of benzene rings is 1. The third-order valence-electron chi connectivity index (χ3n) is 5.71. The molecule has 8 nitrogen and oxygen atoms in total. The van der Waals surface area contributed by atoms with E-state index in [2.05, 4.69) is 48.4 Å². The Labute approximate surface area is 202 Å². The van der Waals surface area contributed by atoms with Gasteiger partial charge in [0.2, 0.25) is 0 Å². The number of nitrogens with one attached hydrogen (secondary N) is 2. The van der Waals surface area contributed by atoms with Crippen LogP contribution in [0.1, 0.15) is 82.6 Å². The molecule has 8 heteroatoms. The first-order chi connectivity index (χ1) is 15.8. The summed E-state index contributed by atoms with van der Waals surface area (Å²) >= 11 is 0. The number of carbonyl (C=O) groups is 2. The van der Waals surface area contributed by atoms with Gasteiger partial charge in [-0.05, 0) is 63.3 Å². The Morgan fingerprint density at radius 1 is 1.18 bits per heavy atom. The lowest BCUT2D eigenvalue weighted by atomic mass is 9.87. The van der Waals surface area contributed by atoms with Crippen LogP contribution in [0.4, 0.5) is 4.79 Å². The van der Waals surface area contributed by atoms with Gasteiger partial charge in [-0.3, -0.25) is 9.89 Å². The fourth-order valence-electron chi connectivity index (χ4n) is 3.78. The third kappa shape index (κ3) is 6.98. The molecule has 0 saturated carbocycles. The van der Waals surface area contributed by atoms with E-state index < -0.39 is 5.60 Å². The van der Waals surface area contributed by atoms with Gasteiger partial charge < -0.3 is 19.7 Å². The Morgan fingerprint density at radius 3 is 2.47 bits per heavy atom. The average Bonchev–Trinajstić information content (AvgIpc) is 3.40. The van der Waals surface area contributed by atoms with E-state index in [9.17, 15) is 9.59 Å². The van der Waals surface area contributed by atoms with Crippen molar-refractivity contribution >= 4 is 12.0 Å². The first kappa shape index (κ1) is 25.6. The molecule has 34 heavy (non-hydrogen) atoms. The van der Waals surface area contributed by atoms with Crippen molar-refractivity contribution in [2.24, 2.45) is 0 Å². The number of H-pyrrole nitrogens is 1. The Bertz CT molecular complexity index is 985. The summed E-state index contributed by atoms with van der Waals surface area (Å²) in [5.74, 6) is 0.606. The van der Waals surface area contributed by atoms with Crippen LogP contribution < -0.4 is 10.1 Å². The van der Waals surface area contributed by atoms with Gasteiger partial charge >= 0.3 is 6.09 Å². The van der Waals surface area contributed by atoms with Crippen molar-refractivity contribution in [1.29, 1.82) is 0 Å². The zero-order valence-corrected chi connectivity index (χ0v) is 21.4. The SMILES string of the molecule is CC(COc1ccc(C(C)(C)C)cc1)NC(=O)c1cc(C2CCN(C(=O)OC(C)(C)C)C2)[nH]n1. The molecule has 2 atom stereocenters. The van der Waals surface area contributed by atoms with Crippen LogP contribution in [0.5, 0.6) is 5.75 Å². The van der Waals surface area contributed by atoms with Crippen LogP contribution in [0.25, 0.3) is 0 Å². The molecule has 1 aliphatic rings. The maximum Gasteiger partial charge on any atom is 0.410 e. The highest BCUT2D eigenvalue weighted by Gasteiger charge is 2.32. The van der Waals surface area contributed by atoms with E-state index in [0.717, 1.165) is 17.9 Å². The molecule has 0 spiro atoms. The Morgan fingerprint density at radius 2 is 1.85 bits per heavy atom. The Hall–Kier alpha value is -3.03. The molecule has 1 aliphatic heterocycles.